The Kier molecular flexibility index (Phi) is 3.96. The molecule has 0 fully saturated rings. The van der Waals surface area contributed by atoms with Crippen molar-refractivity contribution >= 4 is 0 Å². The van der Waals surface area contributed by atoms with Crippen LogP contribution in [0.5, 0.6) is 0 Å². The van der Waals surface area contributed by atoms with Crippen molar-refractivity contribution in [2.75, 3.05) is 0 Å². The van der Waals surface area contributed by atoms with Gasteiger partial charge in [-0.05, 0) is 106 Å². The summed E-state index contributed by atoms with van der Waals surface area (Å²) >= 11 is 0. The Labute approximate surface area is 179 Å². The lowest BCUT2D eigenvalue weighted by Gasteiger charge is -2.14. The lowest BCUT2D eigenvalue weighted by Crippen LogP contribution is -2.01. The van der Waals surface area contributed by atoms with Gasteiger partial charge in [-0.15, -0.1) is 0 Å². The molecule has 146 valence electrons. The summed E-state index contributed by atoms with van der Waals surface area (Å²) in [6, 6.07) is 27.3. The highest BCUT2D eigenvalue weighted by atomic mass is 14.3. The van der Waals surface area contributed by atoms with E-state index >= 15 is 0 Å². The summed E-state index contributed by atoms with van der Waals surface area (Å²) in [4.78, 5) is 0. The Morgan fingerprint density at radius 3 is 1.43 bits per heavy atom. The summed E-state index contributed by atoms with van der Waals surface area (Å²) in [5.74, 6) is 0. The first-order valence-electron chi connectivity index (χ1n) is 11.1. The zero-order valence-corrected chi connectivity index (χ0v) is 17.8. The van der Waals surface area contributed by atoms with E-state index in [9.17, 15) is 0 Å². The van der Waals surface area contributed by atoms with Crippen molar-refractivity contribution in [3.05, 3.63) is 117 Å². The first kappa shape index (κ1) is 17.7. The second kappa shape index (κ2) is 6.71. The number of benzene rings is 4. The Bertz CT molecular complexity index is 1200. The van der Waals surface area contributed by atoms with Gasteiger partial charge < -0.3 is 0 Å². The van der Waals surface area contributed by atoms with E-state index in [0.29, 0.717) is 0 Å². The molecule has 0 N–H and O–H groups in total. The summed E-state index contributed by atoms with van der Waals surface area (Å²) in [6.45, 7) is 4.52. The molecule has 0 heteroatoms. The smallest absolute Gasteiger partial charge is 0.00106 e. The minimum Gasteiger partial charge on any atom is -0.0619 e. The minimum absolute atomic E-state index is 1.08. The van der Waals surface area contributed by atoms with Gasteiger partial charge in [0.25, 0.3) is 0 Å². The highest BCUT2D eigenvalue weighted by Gasteiger charge is 2.24. The maximum atomic E-state index is 2.38. The highest BCUT2D eigenvalue weighted by Crippen LogP contribution is 2.42. The maximum absolute atomic E-state index is 2.38. The summed E-state index contributed by atoms with van der Waals surface area (Å²) in [5.41, 5.74) is 17.8. The van der Waals surface area contributed by atoms with Crippen molar-refractivity contribution in [3.8, 4) is 22.3 Å². The number of aryl methyl sites for hydroxylation is 4. The molecule has 0 heterocycles. The van der Waals surface area contributed by atoms with E-state index < -0.39 is 0 Å². The molecule has 4 aromatic carbocycles. The fourth-order valence-corrected chi connectivity index (χ4v) is 5.73. The molecular weight excluding hydrogens is 360 g/mol. The van der Waals surface area contributed by atoms with Crippen LogP contribution in [0.15, 0.2) is 72.8 Å². The quantitative estimate of drug-likeness (QED) is 0.301. The van der Waals surface area contributed by atoms with Crippen LogP contribution in [-0.2, 0) is 25.7 Å². The van der Waals surface area contributed by atoms with Gasteiger partial charge in [0.2, 0.25) is 0 Å². The van der Waals surface area contributed by atoms with E-state index in [1.165, 1.54) is 55.6 Å². The fraction of sp³-hybridized carbons (Fsp3) is 0.200. The van der Waals surface area contributed by atoms with Crippen LogP contribution in [0, 0.1) is 13.8 Å². The summed E-state index contributed by atoms with van der Waals surface area (Å²) < 4.78 is 0. The molecule has 2 aliphatic carbocycles. The monoisotopic (exact) mass is 386 g/mol. The number of rotatable bonds is 3. The predicted octanol–water partition coefficient (Wildman–Crippen LogP) is 7.23. The lowest BCUT2D eigenvalue weighted by atomic mass is 9.90. The van der Waals surface area contributed by atoms with E-state index in [4.69, 9.17) is 0 Å². The Morgan fingerprint density at radius 2 is 0.967 bits per heavy atom. The Balaban J connectivity index is 1.35. The molecule has 0 radical (unpaired) electrons. The van der Waals surface area contributed by atoms with E-state index in [-0.39, 0.29) is 0 Å². The van der Waals surface area contributed by atoms with E-state index in [1.807, 2.05) is 0 Å². The van der Waals surface area contributed by atoms with Crippen LogP contribution in [0.25, 0.3) is 22.3 Å². The van der Waals surface area contributed by atoms with Gasteiger partial charge in [-0.25, -0.2) is 0 Å². The fourth-order valence-electron chi connectivity index (χ4n) is 5.73. The van der Waals surface area contributed by atoms with Gasteiger partial charge in [0.15, 0.2) is 0 Å². The van der Waals surface area contributed by atoms with Crippen LogP contribution in [0.3, 0.4) is 0 Å². The molecule has 0 aliphatic heterocycles. The van der Waals surface area contributed by atoms with Gasteiger partial charge in [0, 0.05) is 0 Å². The van der Waals surface area contributed by atoms with Crippen LogP contribution < -0.4 is 0 Å². The third-order valence-electron chi connectivity index (χ3n) is 7.21. The third kappa shape index (κ3) is 2.60. The molecule has 0 saturated heterocycles. The zero-order valence-electron chi connectivity index (χ0n) is 17.8. The van der Waals surface area contributed by atoms with Gasteiger partial charge in [-0.3, -0.25) is 0 Å². The molecule has 0 unspecified atom stereocenters. The van der Waals surface area contributed by atoms with Crippen LogP contribution in [0.2, 0.25) is 0 Å². The molecule has 2 aliphatic rings. The number of hydrogen-bond donors (Lipinski definition) is 0. The Hall–Kier alpha value is -3.12. The third-order valence-corrected chi connectivity index (χ3v) is 7.21. The summed E-state index contributed by atoms with van der Waals surface area (Å²) in [7, 11) is 0. The number of fused-ring (bicyclic) bond motifs is 6. The van der Waals surface area contributed by atoms with Crippen molar-refractivity contribution in [2.24, 2.45) is 0 Å². The summed E-state index contributed by atoms with van der Waals surface area (Å²) in [5, 5.41) is 0. The van der Waals surface area contributed by atoms with Crippen molar-refractivity contribution in [2.45, 2.75) is 39.5 Å². The van der Waals surface area contributed by atoms with Crippen molar-refractivity contribution in [1.29, 1.82) is 0 Å². The molecule has 30 heavy (non-hydrogen) atoms. The van der Waals surface area contributed by atoms with Crippen LogP contribution in [0.1, 0.15) is 44.5 Å². The van der Waals surface area contributed by atoms with Crippen molar-refractivity contribution in [3.63, 3.8) is 0 Å². The molecular formula is C30H26. The average Bonchev–Trinajstić information content (AvgIpc) is 3.34. The molecule has 0 spiro atoms. The van der Waals surface area contributed by atoms with Gasteiger partial charge in [0.1, 0.15) is 0 Å². The number of hydrogen-bond acceptors (Lipinski definition) is 0. The van der Waals surface area contributed by atoms with Gasteiger partial charge in [0.05, 0.1) is 0 Å². The SMILES string of the molecule is Cc1ccc(CCc2ccc(C)c3c2Cc2ccccc2-3)c2c1-c1ccccc1C2. The normalized spacial score (nSPS) is 13.0. The van der Waals surface area contributed by atoms with Crippen LogP contribution in [0.4, 0.5) is 0 Å². The highest BCUT2D eigenvalue weighted by molar-refractivity contribution is 5.81. The molecule has 0 aromatic heterocycles. The predicted molar refractivity (Wildman–Crippen MR) is 126 cm³/mol. The lowest BCUT2D eigenvalue weighted by molar-refractivity contribution is 0.927. The largest absolute Gasteiger partial charge is 0.0619 e. The minimum atomic E-state index is 1.08. The first-order valence-corrected chi connectivity index (χ1v) is 11.1. The first-order chi connectivity index (χ1) is 14.7. The second-order valence-corrected chi connectivity index (χ2v) is 8.96. The average molecular weight is 387 g/mol. The van der Waals surface area contributed by atoms with E-state index in [2.05, 4.69) is 86.6 Å². The van der Waals surface area contributed by atoms with E-state index in [1.54, 1.807) is 11.1 Å². The Morgan fingerprint density at radius 1 is 0.533 bits per heavy atom. The summed E-state index contributed by atoms with van der Waals surface area (Å²) in [6.07, 6.45) is 4.39. The molecule has 0 amide bonds. The molecule has 6 rings (SSSR count). The van der Waals surface area contributed by atoms with Gasteiger partial charge >= 0.3 is 0 Å². The molecule has 0 nitrogen and oxygen atoms in total. The van der Waals surface area contributed by atoms with Crippen molar-refractivity contribution in [1.82, 2.24) is 0 Å². The van der Waals surface area contributed by atoms with E-state index in [0.717, 1.165) is 25.7 Å². The second-order valence-electron chi connectivity index (χ2n) is 8.96. The maximum Gasteiger partial charge on any atom is -0.00106 e. The topological polar surface area (TPSA) is 0 Å². The van der Waals surface area contributed by atoms with Gasteiger partial charge in [-0.1, -0.05) is 72.8 Å². The van der Waals surface area contributed by atoms with Crippen LogP contribution >= 0.6 is 0 Å². The molecule has 0 bridgehead atoms. The molecule has 0 saturated carbocycles. The van der Waals surface area contributed by atoms with Crippen LogP contribution in [-0.4, -0.2) is 0 Å². The van der Waals surface area contributed by atoms with Crippen molar-refractivity contribution < 1.29 is 0 Å². The molecule has 4 aromatic rings. The standard InChI is InChI=1S/C30H26/c1-19-11-13-21(27-17-23-7-3-5-9-25(23)29(19)27)15-16-22-14-12-20(2)30-26-10-6-4-8-24(26)18-28(22)30/h3-14H,15-18H2,1-2H3. The molecule has 0 atom stereocenters. The zero-order chi connectivity index (χ0) is 20.2. The van der Waals surface area contributed by atoms with Gasteiger partial charge in [-0.2, -0.15) is 0 Å².